The van der Waals surface area contributed by atoms with Gasteiger partial charge in [-0.05, 0) is 30.7 Å². The van der Waals surface area contributed by atoms with Crippen molar-refractivity contribution in [1.82, 2.24) is 0 Å². The standard InChI is InChI=1S/C13H17BrO3/c1-3-4-10(13(15)16-2)9-17-12-7-5-11(14)6-8-12/h5-8,10H,3-4,9H2,1-2H3. The number of hydrogen-bond donors (Lipinski definition) is 0. The first-order chi connectivity index (χ1) is 8.17. The van der Waals surface area contributed by atoms with E-state index >= 15 is 0 Å². The lowest BCUT2D eigenvalue weighted by Gasteiger charge is -2.14. The molecule has 17 heavy (non-hydrogen) atoms. The number of benzene rings is 1. The third kappa shape index (κ3) is 4.77. The molecule has 0 amide bonds. The van der Waals surface area contributed by atoms with E-state index in [9.17, 15) is 4.79 Å². The Morgan fingerprint density at radius 3 is 2.53 bits per heavy atom. The number of halogens is 1. The normalized spacial score (nSPS) is 11.9. The van der Waals surface area contributed by atoms with Crippen molar-refractivity contribution >= 4 is 21.9 Å². The molecule has 1 aromatic carbocycles. The average molecular weight is 301 g/mol. The lowest BCUT2D eigenvalue weighted by atomic mass is 10.1. The minimum absolute atomic E-state index is 0.186. The lowest BCUT2D eigenvalue weighted by molar-refractivity contribution is -0.146. The van der Waals surface area contributed by atoms with Gasteiger partial charge in [-0.2, -0.15) is 0 Å². The number of carbonyl (C=O) groups is 1. The van der Waals surface area contributed by atoms with Crippen molar-refractivity contribution in [1.29, 1.82) is 0 Å². The molecule has 0 bridgehead atoms. The first-order valence-corrected chi connectivity index (χ1v) is 6.42. The van der Waals surface area contributed by atoms with Gasteiger partial charge in [0.1, 0.15) is 12.4 Å². The number of ether oxygens (including phenoxy) is 2. The van der Waals surface area contributed by atoms with Gasteiger partial charge in [-0.3, -0.25) is 4.79 Å². The fourth-order valence-corrected chi connectivity index (χ4v) is 1.78. The molecular weight excluding hydrogens is 284 g/mol. The highest BCUT2D eigenvalue weighted by atomic mass is 79.9. The maximum absolute atomic E-state index is 11.5. The van der Waals surface area contributed by atoms with E-state index in [2.05, 4.69) is 15.9 Å². The summed E-state index contributed by atoms with van der Waals surface area (Å²) >= 11 is 3.36. The highest BCUT2D eigenvalue weighted by Gasteiger charge is 2.18. The van der Waals surface area contributed by atoms with Crippen LogP contribution in [0.25, 0.3) is 0 Å². The summed E-state index contributed by atoms with van der Waals surface area (Å²) in [4.78, 5) is 11.5. The second kappa shape index (κ2) is 7.33. The van der Waals surface area contributed by atoms with E-state index in [-0.39, 0.29) is 11.9 Å². The predicted molar refractivity (Wildman–Crippen MR) is 70.1 cm³/mol. The van der Waals surface area contributed by atoms with Crippen LogP contribution in [0.4, 0.5) is 0 Å². The Labute approximate surface area is 110 Å². The molecule has 0 aromatic heterocycles. The molecule has 0 heterocycles. The van der Waals surface area contributed by atoms with Gasteiger partial charge >= 0.3 is 5.97 Å². The lowest BCUT2D eigenvalue weighted by Crippen LogP contribution is -2.23. The quantitative estimate of drug-likeness (QED) is 0.755. The molecule has 3 nitrogen and oxygen atoms in total. The zero-order chi connectivity index (χ0) is 12.7. The molecule has 1 aromatic rings. The van der Waals surface area contributed by atoms with Crippen molar-refractivity contribution in [2.24, 2.45) is 5.92 Å². The van der Waals surface area contributed by atoms with Crippen LogP contribution >= 0.6 is 15.9 Å². The zero-order valence-corrected chi connectivity index (χ0v) is 11.7. The molecule has 94 valence electrons. The Balaban J connectivity index is 2.51. The van der Waals surface area contributed by atoms with Gasteiger partial charge in [0.25, 0.3) is 0 Å². The van der Waals surface area contributed by atoms with E-state index in [1.165, 1.54) is 7.11 Å². The van der Waals surface area contributed by atoms with E-state index in [1.807, 2.05) is 31.2 Å². The second-order valence-corrected chi connectivity index (χ2v) is 4.69. The third-order valence-electron chi connectivity index (χ3n) is 2.44. The molecule has 1 unspecified atom stereocenters. The molecule has 0 N–H and O–H groups in total. The van der Waals surface area contributed by atoms with Crippen LogP contribution in [0.5, 0.6) is 5.75 Å². The van der Waals surface area contributed by atoms with Crippen LogP contribution in [0.15, 0.2) is 28.7 Å². The largest absolute Gasteiger partial charge is 0.493 e. The van der Waals surface area contributed by atoms with Crippen molar-refractivity contribution in [3.8, 4) is 5.75 Å². The summed E-state index contributed by atoms with van der Waals surface area (Å²) in [6.45, 7) is 2.40. The molecule has 4 heteroatoms. The van der Waals surface area contributed by atoms with Crippen molar-refractivity contribution < 1.29 is 14.3 Å². The van der Waals surface area contributed by atoms with Gasteiger partial charge in [0.2, 0.25) is 0 Å². The molecule has 1 rings (SSSR count). The van der Waals surface area contributed by atoms with Crippen LogP contribution in [0.2, 0.25) is 0 Å². The number of carbonyl (C=O) groups excluding carboxylic acids is 1. The monoisotopic (exact) mass is 300 g/mol. The molecule has 0 radical (unpaired) electrons. The average Bonchev–Trinajstić information content (AvgIpc) is 2.35. The van der Waals surface area contributed by atoms with Gasteiger partial charge in [0, 0.05) is 4.47 Å². The summed E-state index contributed by atoms with van der Waals surface area (Å²) in [6, 6.07) is 7.54. The highest BCUT2D eigenvalue weighted by molar-refractivity contribution is 9.10. The van der Waals surface area contributed by atoms with Crippen molar-refractivity contribution in [3.63, 3.8) is 0 Å². The van der Waals surface area contributed by atoms with Crippen molar-refractivity contribution in [3.05, 3.63) is 28.7 Å². The molecule has 0 aliphatic heterocycles. The second-order valence-electron chi connectivity index (χ2n) is 3.77. The minimum Gasteiger partial charge on any atom is -0.493 e. The first-order valence-electron chi connectivity index (χ1n) is 5.63. The highest BCUT2D eigenvalue weighted by Crippen LogP contribution is 2.18. The van der Waals surface area contributed by atoms with Gasteiger partial charge < -0.3 is 9.47 Å². The van der Waals surface area contributed by atoms with Crippen LogP contribution < -0.4 is 4.74 Å². The van der Waals surface area contributed by atoms with Crippen molar-refractivity contribution in [2.75, 3.05) is 13.7 Å². The number of hydrogen-bond acceptors (Lipinski definition) is 3. The Hall–Kier alpha value is -1.03. The Bertz CT molecular complexity index is 348. The van der Waals surface area contributed by atoms with E-state index in [1.54, 1.807) is 0 Å². The molecule has 0 aliphatic carbocycles. The fraction of sp³-hybridized carbons (Fsp3) is 0.462. The number of rotatable bonds is 6. The van der Waals surface area contributed by atoms with Crippen molar-refractivity contribution in [2.45, 2.75) is 19.8 Å². The van der Waals surface area contributed by atoms with Gasteiger partial charge in [-0.1, -0.05) is 29.3 Å². The molecule has 0 spiro atoms. The van der Waals surface area contributed by atoms with E-state index in [4.69, 9.17) is 9.47 Å². The molecule has 0 fully saturated rings. The van der Waals surface area contributed by atoms with Crippen LogP contribution in [0, 0.1) is 5.92 Å². The van der Waals surface area contributed by atoms with E-state index < -0.39 is 0 Å². The summed E-state index contributed by atoms with van der Waals surface area (Å²) in [5.74, 6) is 0.371. The molecule has 0 saturated carbocycles. The predicted octanol–water partition coefficient (Wildman–Crippen LogP) is 3.42. The van der Waals surface area contributed by atoms with E-state index in [0.717, 1.165) is 23.1 Å². The maximum Gasteiger partial charge on any atom is 0.312 e. The Morgan fingerprint density at radius 2 is 2.00 bits per heavy atom. The molecule has 1 atom stereocenters. The molecule has 0 aliphatic rings. The zero-order valence-electron chi connectivity index (χ0n) is 10.1. The van der Waals surface area contributed by atoms with Gasteiger partial charge in [-0.15, -0.1) is 0 Å². The van der Waals surface area contributed by atoms with Crippen LogP contribution in [-0.4, -0.2) is 19.7 Å². The summed E-state index contributed by atoms with van der Waals surface area (Å²) in [7, 11) is 1.41. The van der Waals surface area contributed by atoms with Gasteiger partial charge in [0.15, 0.2) is 0 Å². The first kappa shape index (κ1) is 14.0. The summed E-state index contributed by atoms with van der Waals surface area (Å²) in [6.07, 6.45) is 1.71. The Kier molecular flexibility index (Phi) is 6.05. The molecular formula is C13H17BrO3. The summed E-state index contributed by atoms with van der Waals surface area (Å²) < 4.78 is 11.3. The van der Waals surface area contributed by atoms with Gasteiger partial charge in [0.05, 0.1) is 13.0 Å². The third-order valence-corrected chi connectivity index (χ3v) is 2.97. The fourth-order valence-electron chi connectivity index (χ4n) is 1.51. The Morgan fingerprint density at radius 1 is 1.35 bits per heavy atom. The maximum atomic E-state index is 11.5. The SMILES string of the molecule is CCCC(COc1ccc(Br)cc1)C(=O)OC. The smallest absolute Gasteiger partial charge is 0.312 e. The summed E-state index contributed by atoms with van der Waals surface area (Å²) in [5.41, 5.74) is 0. The minimum atomic E-state index is -0.205. The van der Waals surface area contributed by atoms with Gasteiger partial charge in [-0.25, -0.2) is 0 Å². The topological polar surface area (TPSA) is 35.5 Å². The number of methoxy groups -OCH3 is 1. The van der Waals surface area contributed by atoms with Crippen LogP contribution in [0.1, 0.15) is 19.8 Å². The molecule has 0 saturated heterocycles. The van der Waals surface area contributed by atoms with E-state index in [0.29, 0.717) is 6.61 Å². The van der Waals surface area contributed by atoms with Crippen LogP contribution in [0.3, 0.4) is 0 Å². The van der Waals surface area contributed by atoms with Crippen LogP contribution in [-0.2, 0) is 9.53 Å². The number of esters is 1. The summed E-state index contributed by atoms with van der Waals surface area (Å²) in [5, 5.41) is 0.